The lowest BCUT2D eigenvalue weighted by atomic mass is 9.87. The van der Waals surface area contributed by atoms with Crippen LogP contribution in [0.4, 0.5) is 9.59 Å². The molecule has 0 radical (unpaired) electrons. The summed E-state index contributed by atoms with van der Waals surface area (Å²) in [5, 5.41) is 2.92. The minimum atomic E-state index is -0.537. The van der Waals surface area contributed by atoms with Crippen molar-refractivity contribution in [3.8, 4) is 5.75 Å². The SMILES string of the molecule is CN(C)C(=O)Oc1ccc2c(c1)C(NC(=O)OC(C)(C)C)CCC2. The molecule has 2 rings (SSSR count). The van der Waals surface area contributed by atoms with E-state index in [1.165, 1.54) is 4.90 Å². The number of hydrogen-bond acceptors (Lipinski definition) is 4. The van der Waals surface area contributed by atoms with E-state index in [0.717, 1.165) is 30.4 Å². The number of hydrogen-bond donors (Lipinski definition) is 1. The third kappa shape index (κ3) is 4.88. The van der Waals surface area contributed by atoms with Gasteiger partial charge in [0.15, 0.2) is 0 Å². The minimum absolute atomic E-state index is 0.137. The van der Waals surface area contributed by atoms with Gasteiger partial charge in [0.05, 0.1) is 6.04 Å². The molecule has 1 aliphatic rings. The van der Waals surface area contributed by atoms with Crippen LogP contribution in [0.25, 0.3) is 0 Å². The van der Waals surface area contributed by atoms with E-state index in [0.29, 0.717) is 5.75 Å². The Morgan fingerprint density at radius 1 is 1.25 bits per heavy atom. The normalized spacial score (nSPS) is 16.8. The van der Waals surface area contributed by atoms with E-state index in [-0.39, 0.29) is 6.04 Å². The van der Waals surface area contributed by atoms with Crippen molar-refractivity contribution < 1.29 is 19.1 Å². The van der Waals surface area contributed by atoms with Crippen LogP contribution in [0.2, 0.25) is 0 Å². The van der Waals surface area contributed by atoms with Gasteiger partial charge in [-0.05, 0) is 63.3 Å². The molecule has 0 aromatic heterocycles. The van der Waals surface area contributed by atoms with Gasteiger partial charge in [-0.1, -0.05) is 6.07 Å². The van der Waals surface area contributed by atoms with E-state index in [4.69, 9.17) is 9.47 Å². The summed E-state index contributed by atoms with van der Waals surface area (Å²) < 4.78 is 10.7. The van der Waals surface area contributed by atoms with E-state index in [1.54, 1.807) is 20.2 Å². The summed E-state index contributed by atoms with van der Waals surface area (Å²) in [7, 11) is 3.27. The largest absolute Gasteiger partial charge is 0.444 e. The Bertz CT molecular complexity index is 620. The third-order valence-electron chi connectivity index (χ3n) is 3.69. The molecule has 6 heteroatoms. The van der Waals surface area contributed by atoms with Gasteiger partial charge in [-0.2, -0.15) is 0 Å². The highest BCUT2D eigenvalue weighted by molar-refractivity contribution is 5.70. The summed E-state index contributed by atoms with van der Waals surface area (Å²) in [6.45, 7) is 5.50. The molecule has 0 spiro atoms. The van der Waals surface area contributed by atoms with Crippen LogP contribution >= 0.6 is 0 Å². The minimum Gasteiger partial charge on any atom is -0.444 e. The lowest BCUT2D eigenvalue weighted by Crippen LogP contribution is -2.36. The highest BCUT2D eigenvalue weighted by Crippen LogP contribution is 2.32. The molecule has 1 unspecified atom stereocenters. The zero-order valence-electron chi connectivity index (χ0n) is 15.0. The van der Waals surface area contributed by atoms with Gasteiger partial charge in [-0.15, -0.1) is 0 Å². The summed E-state index contributed by atoms with van der Waals surface area (Å²) in [4.78, 5) is 25.1. The average molecular weight is 334 g/mol. The predicted molar refractivity (Wildman–Crippen MR) is 91.2 cm³/mol. The molecular formula is C18H26N2O4. The van der Waals surface area contributed by atoms with Gasteiger partial charge < -0.3 is 19.7 Å². The van der Waals surface area contributed by atoms with Crippen LogP contribution in [0.3, 0.4) is 0 Å². The Hall–Kier alpha value is -2.24. The molecule has 132 valence electrons. The van der Waals surface area contributed by atoms with Crippen LogP contribution in [-0.4, -0.2) is 36.8 Å². The number of benzene rings is 1. The molecule has 1 aromatic carbocycles. The van der Waals surface area contributed by atoms with Crippen molar-refractivity contribution in [1.82, 2.24) is 10.2 Å². The highest BCUT2D eigenvalue weighted by atomic mass is 16.6. The molecule has 1 N–H and O–H groups in total. The lowest BCUT2D eigenvalue weighted by Gasteiger charge is -2.28. The van der Waals surface area contributed by atoms with Crippen molar-refractivity contribution in [3.63, 3.8) is 0 Å². The maximum atomic E-state index is 12.1. The summed E-state index contributed by atoms with van der Waals surface area (Å²) in [5.41, 5.74) is 1.60. The third-order valence-corrected chi connectivity index (χ3v) is 3.69. The van der Waals surface area contributed by atoms with Crippen LogP contribution in [0.15, 0.2) is 18.2 Å². The first-order valence-corrected chi connectivity index (χ1v) is 8.17. The molecule has 0 fully saturated rings. The predicted octanol–water partition coefficient (Wildman–Crippen LogP) is 3.65. The van der Waals surface area contributed by atoms with Gasteiger partial charge in [0, 0.05) is 14.1 Å². The van der Waals surface area contributed by atoms with E-state index in [2.05, 4.69) is 5.32 Å². The van der Waals surface area contributed by atoms with Gasteiger partial charge in [-0.3, -0.25) is 0 Å². The molecule has 1 aromatic rings. The molecule has 0 saturated heterocycles. The van der Waals surface area contributed by atoms with Crippen molar-refractivity contribution >= 4 is 12.2 Å². The maximum Gasteiger partial charge on any atom is 0.414 e. The Balaban J connectivity index is 2.15. The van der Waals surface area contributed by atoms with E-state index in [1.807, 2.05) is 32.9 Å². The summed E-state index contributed by atoms with van der Waals surface area (Å²) in [5.74, 6) is 0.477. The van der Waals surface area contributed by atoms with E-state index in [9.17, 15) is 9.59 Å². The van der Waals surface area contributed by atoms with Gasteiger partial charge in [-0.25, -0.2) is 9.59 Å². The van der Waals surface area contributed by atoms with Crippen LogP contribution in [0.1, 0.15) is 50.8 Å². The van der Waals surface area contributed by atoms with Gasteiger partial charge in [0.2, 0.25) is 0 Å². The smallest absolute Gasteiger partial charge is 0.414 e. The Labute approximate surface area is 143 Å². The number of ether oxygens (including phenoxy) is 2. The van der Waals surface area contributed by atoms with Crippen LogP contribution in [0, 0.1) is 0 Å². The van der Waals surface area contributed by atoms with E-state index >= 15 is 0 Å². The number of alkyl carbamates (subject to hydrolysis) is 1. The fourth-order valence-electron chi connectivity index (χ4n) is 2.63. The number of nitrogens with one attached hydrogen (secondary N) is 1. The van der Waals surface area contributed by atoms with Crippen LogP contribution < -0.4 is 10.1 Å². The molecule has 0 aliphatic heterocycles. The molecule has 1 atom stereocenters. The fourth-order valence-corrected chi connectivity index (χ4v) is 2.63. The maximum absolute atomic E-state index is 12.1. The number of nitrogens with zero attached hydrogens (tertiary/aromatic N) is 1. The molecule has 0 heterocycles. The Morgan fingerprint density at radius 3 is 2.58 bits per heavy atom. The zero-order valence-corrected chi connectivity index (χ0v) is 15.0. The first kappa shape index (κ1) is 18.1. The van der Waals surface area contributed by atoms with Crippen molar-refractivity contribution in [2.45, 2.75) is 51.7 Å². The standard InChI is InChI=1S/C18H26N2O4/c1-18(2,3)24-16(21)19-15-8-6-7-12-9-10-13(11-14(12)15)23-17(22)20(4)5/h9-11,15H,6-8H2,1-5H3,(H,19,21). The second-order valence-corrected chi connectivity index (χ2v) is 7.21. The van der Waals surface area contributed by atoms with Gasteiger partial charge in [0.1, 0.15) is 11.4 Å². The van der Waals surface area contributed by atoms with Crippen LogP contribution in [0.5, 0.6) is 5.75 Å². The number of fused-ring (bicyclic) bond motifs is 1. The van der Waals surface area contributed by atoms with Crippen molar-refractivity contribution in [3.05, 3.63) is 29.3 Å². The number of rotatable bonds is 2. The average Bonchev–Trinajstić information content (AvgIpc) is 2.45. The molecule has 0 bridgehead atoms. The molecule has 0 saturated carbocycles. The van der Waals surface area contributed by atoms with Crippen molar-refractivity contribution in [1.29, 1.82) is 0 Å². The highest BCUT2D eigenvalue weighted by Gasteiger charge is 2.25. The molecule has 1 aliphatic carbocycles. The zero-order chi connectivity index (χ0) is 17.9. The first-order chi connectivity index (χ1) is 11.2. The quantitative estimate of drug-likeness (QED) is 0.896. The summed E-state index contributed by atoms with van der Waals surface area (Å²) >= 11 is 0. The first-order valence-electron chi connectivity index (χ1n) is 8.17. The lowest BCUT2D eigenvalue weighted by molar-refractivity contribution is 0.0498. The number of aryl methyl sites for hydroxylation is 1. The Kier molecular flexibility index (Phi) is 5.36. The second-order valence-electron chi connectivity index (χ2n) is 7.21. The molecule has 24 heavy (non-hydrogen) atoms. The summed E-state index contributed by atoms with van der Waals surface area (Å²) in [6.07, 6.45) is 1.91. The fraction of sp³-hybridized carbons (Fsp3) is 0.556. The summed E-state index contributed by atoms with van der Waals surface area (Å²) in [6, 6.07) is 5.44. The topological polar surface area (TPSA) is 67.9 Å². The van der Waals surface area contributed by atoms with Crippen LogP contribution in [-0.2, 0) is 11.2 Å². The Morgan fingerprint density at radius 2 is 1.96 bits per heavy atom. The monoisotopic (exact) mass is 334 g/mol. The molecular weight excluding hydrogens is 308 g/mol. The number of carbonyl (C=O) groups is 2. The second kappa shape index (κ2) is 7.11. The molecule has 2 amide bonds. The van der Waals surface area contributed by atoms with Gasteiger partial charge in [0.25, 0.3) is 0 Å². The van der Waals surface area contributed by atoms with Crippen molar-refractivity contribution in [2.24, 2.45) is 0 Å². The molecule has 6 nitrogen and oxygen atoms in total. The van der Waals surface area contributed by atoms with E-state index < -0.39 is 17.8 Å². The van der Waals surface area contributed by atoms with Crippen molar-refractivity contribution in [2.75, 3.05) is 14.1 Å². The number of carbonyl (C=O) groups excluding carboxylic acids is 2. The van der Waals surface area contributed by atoms with Gasteiger partial charge >= 0.3 is 12.2 Å². The number of amides is 2.